The Labute approximate surface area is 89.7 Å². The summed E-state index contributed by atoms with van der Waals surface area (Å²) < 4.78 is 4.59. The maximum atomic E-state index is 11.3. The molecule has 84 valence electrons. The minimum atomic E-state index is -0.643. The van der Waals surface area contributed by atoms with E-state index in [-0.39, 0.29) is 0 Å². The number of isocyanates is 1. The first-order valence-electron chi connectivity index (χ1n) is 5.42. The molecule has 0 saturated heterocycles. The van der Waals surface area contributed by atoms with E-state index in [0.29, 0.717) is 12.3 Å². The molecule has 0 aromatic rings. The summed E-state index contributed by atoms with van der Waals surface area (Å²) in [6, 6.07) is -0.643. The van der Waals surface area contributed by atoms with Crippen molar-refractivity contribution < 1.29 is 14.3 Å². The molecule has 1 saturated carbocycles. The van der Waals surface area contributed by atoms with Gasteiger partial charge < -0.3 is 4.74 Å². The standard InChI is InChI=1S/C11H17NO3/c1-15-11(14)10(12-8-13)7-9-5-3-2-4-6-9/h9-10H,2-7H2,1H3. The Morgan fingerprint density at radius 2 is 2.13 bits per heavy atom. The van der Waals surface area contributed by atoms with Gasteiger partial charge in [0.25, 0.3) is 0 Å². The molecule has 1 aliphatic carbocycles. The van der Waals surface area contributed by atoms with Gasteiger partial charge in [0.05, 0.1) is 7.11 Å². The third-order valence-electron chi connectivity index (χ3n) is 2.96. The number of rotatable bonds is 4. The van der Waals surface area contributed by atoms with E-state index in [4.69, 9.17) is 0 Å². The molecule has 0 N–H and O–H groups in total. The lowest BCUT2D eigenvalue weighted by Gasteiger charge is -2.22. The van der Waals surface area contributed by atoms with Crippen LogP contribution < -0.4 is 0 Å². The number of esters is 1. The first kappa shape index (κ1) is 11.9. The molecule has 0 radical (unpaired) electrons. The van der Waals surface area contributed by atoms with Crippen LogP contribution in [0.15, 0.2) is 4.99 Å². The zero-order valence-corrected chi connectivity index (χ0v) is 9.07. The van der Waals surface area contributed by atoms with Crippen molar-refractivity contribution in [3.8, 4) is 0 Å². The molecule has 0 aromatic carbocycles. The van der Waals surface area contributed by atoms with Gasteiger partial charge in [0.15, 0.2) is 6.04 Å². The minimum absolute atomic E-state index is 0.427. The van der Waals surface area contributed by atoms with Gasteiger partial charge in [-0.25, -0.2) is 9.59 Å². The zero-order valence-electron chi connectivity index (χ0n) is 9.07. The van der Waals surface area contributed by atoms with Crippen LogP contribution in [0.2, 0.25) is 0 Å². The van der Waals surface area contributed by atoms with Crippen molar-refractivity contribution in [1.29, 1.82) is 0 Å². The van der Waals surface area contributed by atoms with Gasteiger partial charge in [0.2, 0.25) is 6.08 Å². The Balaban J connectivity index is 2.49. The first-order valence-corrected chi connectivity index (χ1v) is 5.42. The molecular formula is C11H17NO3. The molecule has 0 heterocycles. The van der Waals surface area contributed by atoms with Crippen molar-refractivity contribution in [3.63, 3.8) is 0 Å². The number of carbonyl (C=O) groups excluding carboxylic acids is 2. The fourth-order valence-corrected chi connectivity index (χ4v) is 2.14. The number of nitrogens with zero attached hydrogens (tertiary/aromatic N) is 1. The Morgan fingerprint density at radius 3 is 2.67 bits per heavy atom. The van der Waals surface area contributed by atoms with Crippen molar-refractivity contribution in [1.82, 2.24) is 0 Å². The summed E-state index contributed by atoms with van der Waals surface area (Å²) in [5.41, 5.74) is 0. The monoisotopic (exact) mass is 211 g/mol. The van der Waals surface area contributed by atoms with Crippen molar-refractivity contribution in [2.45, 2.75) is 44.6 Å². The van der Waals surface area contributed by atoms with E-state index in [9.17, 15) is 9.59 Å². The van der Waals surface area contributed by atoms with Gasteiger partial charge in [-0.3, -0.25) is 0 Å². The molecule has 0 aromatic heterocycles. The number of carbonyl (C=O) groups is 1. The van der Waals surface area contributed by atoms with E-state index in [1.807, 2.05) is 0 Å². The molecule has 4 nitrogen and oxygen atoms in total. The minimum Gasteiger partial charge on any atom is -0.467 e. The highest BCUT2D eigenvalue weighted by molar-refractivity contribution is 5.76. The lowest BCUT2D eigenvalue weighted by Crippen LogP contribution is -2.24. The second-order valence-corrected chi connectivity index (χ2v) is 4.00. The normalized spacial score (nSPS) is 19.0. The Hall–Kier alpha value is -1.15. The highest BCUT2D eigenvalue weighted by Crippen LogP contribution is 2.28. The molecule has 1 unspecified atom stereocenters. The Kier molecular flexibility index (Phi) is 5.05. The largest absolute Gasteiger partial charge is 0.467 e. The predicted octanol–water partition coefficient (Wildman–Crippen LogP) is 1.83. The van der Waals surface area contributed by atoms with Crippen LogP contribution in [0.3, 0.4) is 0 Å². The van der Waals surface area contributed by atoms with Gasteiger partial charge in [-0.05, 0) is 12.3 Å². The summed E-state index contributed by atoms with van der Waals surface area (Å²) in [4.78, 5) is 25.0. The molecule has 1 atom stereocenters. The highest BCUT2D eigenvalue weighted by Gasteiger charge is 2.24. The third-order valence-corrected chi connectivity index (χ3v) is 2.96. The Morgan fingerprint density at radius 1 is 1.47 bits per heavy atom. The molecule has 15 heavy (non-hydrogen) atoms. The fraction of sp³-hybridized carbons (Fsp3) is 0.818. The van der Waals surface area contributed by atoms with Gasteiger partial charge in [-0.15, -0.1) is 0 Å². The van der Waals surface area contributed by atoms with Gasteiger partial charge in [-0.1, -0.05) is 32.1 Å². The fourth-order valence-electron chi connectivity index (χ4n) is 2.14. The van der Waals surface area contributed by atoms with Crippen LogP contribution >= 0.6 is 0 Å². The van der Waals surface area contributed by atoms with E-state index in [2.05, 4.69) is 9.73 Å². The predicted molar refractivity (Wildman–Crippen MR) is 55.1 cm³/mol. The SMILES string of the molecule is COC(=O)C(CC1CCCCC1)N=C=O. The van der Waals surface area contributed by atoms with Crippen molar-refractivity contribution in [3.05, 3.63) is 0 Å². The van der Waals surface area contributed by atoms with E-state index in [0.717, 1.165) is 12.8 Å². The number of hydrogen-bond donors (Lipinski definition) is 0. The number of ether oxygens (including phenoxy) is 1. The van der Waals surface area contributed by atoms with Gasteiger partial charge >= 0.3 is 5.97 Å². The average molecular weight is 211 g/mol. The zero-order chi connectivity index (χ0) is 11.1. The van der Waals surface area contributed by atoms with Crippen LogP contribution in [0.5, 0.6) is 0 Å². The molecule has 1 aliphatic rings. The van der Waals surface area contributed by atoms with Crippen molar-refractivity contribution >= 4 is 12.0 Å². The third kappa shape index (κ3) is 3.84. The summed E-state index contributed by atoms with van der Waals surface area (Å²) in [6.45, 7) is 0. The van der Waals surface area contributed by atoms with Crippen LogP contribution in [-0.2, 0) is 14.3 Å². The van der Waals surface area contributed by atoms with Crippen LogP contribution in [0, 0.1) is 5.92 Å². The quantitative estimate of drug-likeness (QED) is 0.405. The summed E-state index contributed by atoms with van der Waals surface area (Å²) >= 11 is 0. The molecule has 4 heteroatoms. The van der Waals surface area contributed by atoms with Crippen molar-refractivity contribution in [2.24, 2.45) is 10.9 Å². The number of hydrogen-bond acceptors (Lipinski definition) is 4. The second-order valence-electron chi connectivity index (χ2n) is 4.00. The van der Waals surface area contributed by atoms with E-state index in [1.54, 1.807) is 0 Å². The van der Waals surface area contributed by atoms with Crippen LogP contribution in [0.25, 0.3) is 0 Å². The van der Waals surface area contributed by atoms with Crippen LogP contribution in [0.1, 0.15) is 38.5 Å². The molecule has 0 bridgehead atoms. The van der Waals surface area contributed by atoms with Gasteiger partial charge in [0.1, 0.15) is 0 Å². The first-order chi connectivity index (χ1) is 7.27. The number of methoxy groups -OCH3 is 1. The summed E-state index contributed by atoms with van der Waals surface area (Å²) in [5.74, 6) is 0.0730. The summed E-state index contributed by atoms with van der Waals surface area (Å²) in [6.07, 6.45) is 8.02. The summed E-state index contributed by atoms with van der Waals surface area (Å²) in [7, 11) is 1.32. The maximum Gasteiger partial charge on any atom is 0.331 e. The molecule has 1 rings (SSSR count). The van der Waals surface area contributed by atoms with E-state index < -0.39 is 12.0 Å². The summed E-state index contributed by atoms with van der Waals surface area (Å²) in [5, 5.41) is 0. The lowest BCUT2D eigenvalue weighted by atomic mass is 9.85. The highest BCUT2D eigenvalue weighted by atomic mass is 16.5. The number of aliphatic imine (C=N–C) groups is 1. The topological polar surface area (TPSA) is 55.7 Å². The molecule has 0 amide bonds. The van der Waals surface area contributed by atoms with Crippen molar-refractivity contribution in [2.75, 3.05) is 7.11 Å². The van der Waals surface area contributed by atoms with E-state index in [1.165, 1.54) is 32.5 Å². The van der Waals surface area contributed by atoms with Crippen LogP contribution in [0.4, 0.5) is 0 Å². The molecule has 0 aliphatic heterocycles. The maximum absolute atomic E-state index is 11.3. The van der Waals surface area contributed by atoms with Crippen LogP contribution in [-0.4, -0.2) is 25.2 Å². The van der Waals surface area contributed by atoms with Gasteiger partial charge in [0, 0.05) is 0 Å². The average Bonchev–Trinajstić information content (AvgIpc) is 2.29. The van der Waals surface area contributed by atoms with E-state index >= 15 is 0 Å². The smallest absolute Gasteiger partial charge is 0.331 e. The molecule has 1 fully saturated rings. The molecular weight excluding hydrogens is 194 g/mol. The molecule has 0 spiro atoms. The van der Waals surface area contributed by atoms with Gasteiger partial charge in [-0.2, -0.15) is 4.99 Å². The second kappa shape index (κ2) is 6.36. The Bertz CT molecular complexity index is 253. The lowest BCUT2D eigenvalue weighted by molar-refractivity contribution is -0.142.